The maximum Gasteiger partial charge on any atom is 0.408 e. The Balaban J connectivity index is 1.35. The first-order valence-electron chi connectivity index (χ1n) is 9.70. The lowest BCUT2D eigenvalue weighted by Crippen LogP contribution is -2.45. The monoisotopic (exact) mass is 386 g/mol. The van der Waals surface area contributed by atoms with Gasteiger partial charge in [0.1, 0.15) is 0 Å². The highest BCUT2D eigenvalue weighted by Crippen LogP contribution is 2.47. The van der Waals surface area contributed by atoms with Crippen molar-refractivity contribution in [3.05, 3.63) is 29.7 Å². The Morgan fingerprint density at radius 2 is 2.21 bits per heavy atom. The number of hydrogen-bond acceptors (Lipinski definition) is 4. The normalized spacial score (nSPS) is 22.8. The molecular weight excluding hydrogens is 360 g/mol. The molecule has 0 bridgehead atoms. The van der Waals surface area contributed by atoms with Crippen LogP contribution in [0.2, 0.25) is 0 Å². The molecule has 2 aromatic rings. The van der Waals surface area contributed by atoms with Crippen molar-refractivity contribution in [1.29, 1.82) is 0 Å². The van der Waals surface area contributed by atoms with Crippen LogP contribution in [-0.4, -0.2) is 53.6 Å². The predicted octanol–water partition coefficient (Wildman–Crippen LogP) is 2.49. The molecule has 2 heterocycles. The van der Waals surface area contributed by atoms with Gasteiger partial charge in [-0.1, -0.05) is 0 Å². The molecule has 2 saturated carbocycles. The van der Waals surface area contributed by atoms with Crippen molar-refractivity contribution in [2.24, 2.45) is 7.05 Å². The van der Waals surface area contributed by atoms with E-state index in [9.17, 15) is 14.7 Å². The summed E-state index contributed by atoms with van der Waals surface area (Å²) in [6, 6.07) is 3.70. The first kappa shape index (κ1) is 18.5. The molecular formula is C19H26N6O3. The molecule has 2 atom stereocenters. The van der Waals surface area contributed by atoms with E-state index >= 15 is 0 Å². The fourth-order valence-electron chi connectivity index (χ4n) is 4.24. The number of aryl methyl sites for hydroxylation is 1. The highest BCUT2D eigenvalue weighted by Gasteiger charge is 2.50. The quantitative estimate of drug-likeness (QED) is 0.705. The molecule has 0 aliphatic heterocycles. The summed E-state index contributed by atoms with van der Waals surface area (Å²) >= 11 is 0. The molecule has 4 rings (SSSR count). The Morgan fingerprint density at radius 1 is 1.43 bits per heavy atom. The molecule has 9 nitrogen and oxygen atoms in total. The molecule has 2 fully saturated rings. The number of aromatic amines is 1. The number of nitrogens with one attached hydrogen (secondary N) is 2. The summed E-state index contributed by atoms with van der Waals surface area (Å²) < 4.78 is 1.66. The van der Waals surface area contributed by atoms with Crippen molar-refractivity contribution in [2.45, 2.75) is 62.9 Å². The fraction of sp³-hybridized carbons (Fsp3) is 0.579. The van der Waals surface area contributed by atoms with Gasteiger partial charge < -0.3 is 10.4 Å². The van der Waals surface area contributed by atoms with Crippen LogP contribution < -0.4 is 5.32 Å². The number of carbonyl (C=O) groups is 2. The molecule has 0 spiro atoms. The van der Waals surface area contributed by atoms with Crippen LogP contribution in [0.25, 0.3) is 0 Å². The van der Waals surface area contributed by atoms with Gasteiger partial charge in [-0.25, -0.2) is 4.79 Å². The molecule has 0 aromatic carbocycles. The summed E-state index contributed by atoms with van der Waals surface area (Å²) in [5.41, 5.74) is 1.46. The van der Waals surface area contributed by atoms with Crippen LogP contribution in [0.15, 0.2) is 18.3 Å². The fourth-order valence-corrected chi connectivity index (χ4v) is 4.24. The van der Waals surface area contributed by atoms with Crippen LogP contribution in [-0.2, 0) is 18.3 Å². The van der Waals surface area contributed by atoms with Gasteiger partial charge in [-0.2, -0.15) is 10.2 Å². The van der Waals surface area contributed by atoms with E-state index in [2.05, 4.69) is 20.6 Å². The van der Waals surface area contributed by atoms with Gasteiger partial charge in [0, 0.05) is 42.5 Å². The number of nitrogens with zero attached hydrogens (tertiary/aromatic N) is 4. The summed E-state index contributed by atoms with van der Waals surface area (Å²) in [4.78, 5) is 25.6. The molecule has 150 valence electrons. The van der Waals surface area contributed by atoms with Crippen molar-refractivity contribution in [2.75, 3.05) is 5.32 Å². The number of carbonyl (C=O) groups excluding carboxylic acids is 1. The summed E-state index contributed by atoms with van der Waals surface area (Å²) in [5, 5.41) is 23.9. The first-order chi connectivity index (χ1) is 13.3. The van der Waals surface area contributed by atoms with Gasteiger partial charge >= 0.3 is 6.09 Å². The van der Waals surface area contributed by atoms with Gasteiger partial charge in [0.15, 0.2) is 5.82 Å². The number of anilines is 1. The topological polar surface area (TPSA) is 116 Å². The van der Waals surface area contributed by atoms with Crippen molar-refractivity contribution in [3.8, 4) is 0 Å². The number of H-pyrrole nitrogens is 1. The van der Waals surface area contributed by atoms with E-state index in [-0.39, 0.29) is 29.8 Å². The lowest BCUT2D eigenvalue weighted by atomic mass is 10.0. The van der Waals surface area contributed by atoms with E-state index < -0.39 is 6.09 Å². The van der Waals surface area contributed by atoms with Crippen LogP contribution in [0.1, 0.15) is 56.3 Å². The number of hydrogen-bond donors (Lipinski definition) is 3. The van der Waals surface area contributed by atoms with Crippen LogP contribution in [0, 0.1) is 0 Å². The van der Waals surface area contributed by atoms with E-state index in [1.54, 1.807) is 15.8 Å². The van der Waals surface area contributed by atoms with Crippen molar-refractivity contribution < 1.29 is 14.7 Å². The Hall–Kier alpha value is -2.84. The molecule has 2 aliphatic carbocycles. The minimum Gasteiger partial charge on any atom is -0.465 e. The van der Waals surface area contributed by atoms with E-state index in [1.165, 1.54) is 0 Å². The molecule has 2 amide bonds. The van der Waals surface area contributed by atoms with Crippen LogP contribution in [0.4, 0.5) is 10.6 Å². The second kappa shape index (κ2) is 6.96. The third kappa shape index (κ3) is 3.74. The van der Waals surface area contributed by atoms with Gasteiger partial charge in [-0.05, 0) is 45.1 Å². The summed E-state index contributed by atoms with van der Waals surface area (Å²) in [6.45, 7) is 2.03. The second-order valence-corrected chi connectivity index (χ2v) is 8.23. The van der Waals surface area contributed by atoms with Gasteiger partial charge in [-0.3, -0.25) is 19.5 Å². The molecule has 28 heavy (non-hydrogen) atoms. The zero-order valence-electron chi connectivity index (χ0n) is 16.2. The van der Waals surface area contributed by atoms with Crippen molar-refractivity contribution in [1.82, 2.24) is 24.9 Å². The van der Waals surface area contributed by atoms with Gasteiger partial charge in [0.25, 0.3) is 0 Å². The molecule has 0 unspecified atom stereocenters. The summed E-state index contributed by atoms with van der Waals surface area (Å²) in [5.74, 6) is 0.548. The zero-order valence-corrected chi connectivity index (χ0v) is 16.2. The molecule has 0 radical (unpaired) electrons. The number of amides is 2. The number of aromatic nitrogens is 4. The maximum absolute atomic E-state index is 12.2. The predicted molar refractivity (Wildman–Crippen MR) is 102 cm³/mol. The highest BCUT2D eigenvalue weighted by molar-refractivity contribution is 5.91. The Morgan fingerprint density at radius 3 is 2.86 bits per heavy atom. The second-order valence-electron chi connectivity index (χ2n) is 8.23. The zero-order chi connectivity index (χ0) is 19.9. The highest BCUT2D eigenvalue weighted by atomic mass is 16.4. The van der Waals surface area contributed by atoms with Crippen LogP contribution >= 0.6 is 0 Å². The lowest BCUT2D eigenvalue weighted by Gasteiger charge is -2.32. The largest absolute Gasteiger partial charge is 0.465 e. The molecule has 2 aliphatic rings. The van der Waals surface area contributed by atoms with Crippen molar-refractivity contribution in [3.63, 3.8) is 0 Å². The molecule has 2 aromatic heterocycles. The Labute approximate surface area is 163 Å². The van der Waals surface area contributed by atoms with Crippen molar-refractivity contribution >= 4 is 17.8 Å². The van der Waals surface area contributed by atoms with E-state index in [0.29, 0.717) is 11.5 Å². The SMILES string of the molecule is Cn1ccc(CC(=O)Nc2cc([C@H]3CC[C@@H](N(C(=O)O)C4(C)CC4)C3)[nH]n2)n1. The average molecular weight is 386 g/mol. The number of rotatable bonds is 6. The first-order valence-corrected chi connectivity index (χ1v) is 9.70. The van der Waals surface area contributed by atoms with Crippen LogP contribution in [0.5, 0.6) is 0 Å². The minimum absolute atomic E-state index is 0.0421. The third-order valence-corrected chi connectivity index (χ3v) is 5.95. The Kier molecular flexibility index (Phi) is 4.60. The molecule has 3 N–H and O–H groups in total. The standard InChI is InChI=1S/C19H26N6O3/c1-19(6-7-19)25(18(27)28)14-4-3-12(9-14)15-11-16(22-21-15)20-17(26)10-13-5-8-24(2)23-13/h5,8,11-12,14H,3-4,6-7,9-10H2,1-2H3,(H,27,28)(H2,20,21,22,26)/t12-,14+/m0/s1. The van der Waals surface area contributed by atoms with E-state index in [1.807, 2.05) is 26.1 Å². The lowest BCUT2D eigenvalue weighted by molar-refractivity contribution is -0.115. The third-order valence-electron chi connectivity index (χ3n) is 5.95. The van der Waals surface area contributed by atoms with Crippen LogP contribution in [0.3, 0.4) is 0 Å². The maximum atomic E-state index is 12.2. The van der Waals surface area contributed by atoms with E-state index in [0.717, 1.165) is 37.8 Å². The molecule has 9 heteroatoms. The van der Waals surface area contributed by atoms with Gasteiger partial charge in [-0.15, -0.1) is 0 Å². The number of carboxylic acid groups (broad SMARTS) is 1. The molecule has 0 saturated heterocycles. The van der Waals surface area contributed by atoms with Gasteiger partial charge in [0.05, 0.1) is 12.1 Å². The smallest absolute Gasteiger partial charge is 0.408 e. The average Bonchev–Trinajstić information content (AvgIpc) is 3.03. The Bertz CT molecular complexity index is 884. The minimum atomic E-state index is -0.822. The summed E-state index contributed by atoms with van der Waals surface area (Å²) in [7, 11) is 1.81. The van der Waals surface area contributed by atoms with E-state index in [4.69, 9.17) is 0 Å². The summed E-state index contributed by atoms with van der Waals surface area (Å²) in [6.07, 6.45) is 5.60. The van der Waals surface area contributed by atoms with Gasteiger partial charge in [0.2, 0.25) is 5.91 Å².